The number of amides is 1. The second-order valence-electron chi connectivity index (χ2n) is 5.58. The van der Waals surface area contributed by atoms with Gasteiger partial charge in [0.05, 0.1) is 25.3 Å². The number of hydrogen-bond donors (Lipinski definition) is 1. The van der Waals surface area contributed by atoms with Crippen molar-refractivity contribution in [1.29, 1.82) is 0 Å². The Morgan fingerprint density at radius 1 is 1.11 bits per heavy atom. The summed E-state index contributed by atoms with van der Waals surface area (Å²) in [5.74, 6) is -1.00. The smallest absolute Gasteiger partial charge is 0.338 e. The third kappa shape index (κ3) is 4.10. The molecule has 2 aromatic heterocycles. The molecule has 8 nitrogen and oxygen atoms in total. The van der Waals surface area contributed by atoms with E-state index >= 15 is 0 Å². The number of ether oxygens (including phenoxy) is 2. The van der Waals surface area contributed by atoms with Gasteiger partial charge < -0.3 is 9.47 Å². The van der Waals surface area contributed by atoms with Gasteiger partial charge in [-0.25, -0.2) is 4.79 Å². The fourth-order valence-electron chi connectivity index (χ4n) is 2.50. The second-order valence-corrected chi connectivity index (χ2v) is 6.96. The quantitative estimate of drug-likeness (QED) is 0.631. The molecule has 0 unspecified atom stereocenters. The van der Waals surface area contributed by atoms with Crippen molar-refractivity contribution in [2.75, 3.05) is 19.5 Å². The number of pyridine rings is 1. The highest BCUT2D eigenvalue weighted by Crippen LogP contribution is 2.31. The highest BCUT2D eigenvalue weighted by molar-refractivity contribution is 7.17. The number of carbonyl (C=O) groups is 2. The Labute approximate surface area is 169 Å². The van der Waals surface area contributed by atoms with Crippen molar-refractivity contribution in [3.63, 3.8) is 0 Å². The van der Waals surface area contributed by atoms with Crippen LogP contribution in [0.5, 0.6) is 5.19 Å². The number of methoxy groups -OCH3 is 2. The van der Waals surface area contributed by atoms with E-state index in [1.165, 1.54) is 20.4 Å². The number of rotatable bonds is 5. The van der Waals surface area contributed by atoms with E-state index in [2.05, 4.69) is 20.5 Å². The van der Waals surface area contributed by atoms with Gasteiger partial charge in [0, 0.05) is 16.9 Å². The first-order chi connectivity index (χ1) is 13.4. The van der Waals surface area contributed by atoms with Crippen LogP contribution in [0.1, 0.15) is 26.4 Å². The number of nitrogens with zero attached hydrogens (tertiary/aromatic N) is 3. The van der Waals surface area contributed by atoms with Gasteiger partial charge in [-0.05, 0) is 53.7 Å². The molecule has 0 radical (unpaired) electrons. The van der Waals surface area contributed by atoms with Crippen molar-refractivity contribution in [3.8, 4) is 16.3 Å². The standard InChI is InChI=1S/C18H15ClN4O4S/c1-9-6-12(13-7-10(19)4-5-11(13)16(25)26-2)14(8-20-9)15(24)21-17-22-23-18(27-3)28-17/h4-8H,1-3H3,(H,21,22,24). The topological polar surface area (TPSA) is 103 Å². The molecular weight excluding hydrogens is 404 g/mol. The molecule has 28 heavy (non-hydrogen) atoms. The van der Waals surface area contributed by atoms with Crippen LogP contribution in [0.3, 0.4) is 0 Å². The van der Waals surface area contributed by atoms with Crippen molar-refractivity contribution >= 4 is 39.9 Å². The van der Waals surface area contributed by atoms with Gasteiger partial charge in [-0.1, -0.05) is 16.7 Å². The van der Waals surface area contributed by atoms with Crippen molar-refractivity contribution < 1.29 is 19.1 Å². The van der Waals surface area contributed by atoms with Gasteiger partial charge in [0.25, 0.3) is 11.1 Å². The third-order valence-corrected chi connectivity index (χ3v) is 4.80. The number of halogens is 1. The van der Waals surface area contributed by atoms with Gasteiger partial charge >= 0.3 is 5.97 Å². The number of aryl methyl sites for hydroxylation is 1. The minimum absolute atomic E-state index is 0.243. The predicted molar refractivity (Wildman–Crippen MR) is 105 cm³/mol. The molecule has 3 aromatic rings. The zero-order valence-electron chi connectivity index (χ0n) is 15.1. The largest absolute Gasteiger partial charge is 0.472 e. The number of hydrogen-bond acceptors (Lipinski definition) is 8. The first-order valence-corrected chi connectivity index (χ1v) is 9.16. The summed E-state index contributed by atoms with van der Waals surface area (Å²) in [7, 11) is 2.75. The lowest BCUT2D eigenvalue weighted by atomic mass is 9.95. The highest BCUT2D eigenvalue weighted by Gasteiger charge is 2.21. The van der Waals surface area contributed by atoms with Gasteiger partial charge in [-0.2, -0.15) is 0 Å². The molecule has 0 spiro atoms. The first kappa shape index (κ1) is 19.7. The molecule has 0 aliphatic carbocycles. The minimum Gasteiger partial charge on any atom is -0.472 e. The van der Waals surface area contributed by atoms with Crippen molar-refractivity contribution in [3.05, 3.63) is 52.3 Å². The van der Waals surface area contributed by atoms with Gasteiger partial charge in [-0.3, -0.25) is 15.1 Å². The number of aromatic nitrogens is 3. The monoisotopic (exact) mass is 418 g/mol. The molecule has 0 saturated heterocycles. The summed E-state index contributed by atoms with van der Waals surface area (Å²) in [5.41, 5.74) is 2.14. The summed E-state index contributed by atoms with van der Waals surface area (Å²) in [5, 5.41) is 11.3. The SMILES string of the molecule is COC(=O)c1ccc(Cl)cc1-c1cc(C)ncc1C(=O)Nc1nnc(OC)s1. The van der Waals surface area contributed by atoms with E-state index in [-0.39, 0.29) is 16.3 Å². The zero-order valence-corrected chi connectivity index (χ0v) is 16.7. The van der Waals surface area contributed by atoms with E-state index in [1.807, 2.05) is 0 Å². The number of carbonyl (C=O) groups excluding carboxylic acids is 2. The Hall–Kier alpha value is -3.04. The zero-order chi connectivity index (χ0) is 20.3. The van der Waals surface area contributed by atoms with E-state index in [0.717, 1.165) is 11.3 Å². The van der Waals surface area contributed by atoms with Crippen LogP contribution < -0.4 is 10.1 Å². The normalized spacial score (nSPS) is 10.4. The van der Waals surface area contributed by atoms with Crippen LogP contribution in [0.15, 0.2) is 30.5 Å². The van der Waals surface area contributed by atoms with Crippen LogP contribution in [0, 0.1) is 6.92 Å². The van der Waals surface area contributed by atoms with Crippen molar-refractivity contribution in [2.45, 2.75) is 6.92 Å². The third-order valence-electron chi connectivity index (χ3n) is 3.76. The van der Waals surface area contributed by atoms with Crippen LogP contribution >= 0.6 is 22.9 Å². The molecule has 3 rings (SSSR count). The summed E-state index contributed by atoms with van der Waals surface area (Å²) in [6.45, 7) is 1.78. The fourth-order valence-corrected chi connectivity index (χ4v) is 3.23. The lowest BCUT2D eigenvalue weighted by molar-refractivity contribution is 0.0601. The number of esters is 1. The molecule has 10 heteroatoms. The molecular formula is C18H15ClN4O4S. The molecule has 0 saturated carbocycles. The summed E-state index contributed by atoms with van der Waals surface area (Å²) in [6.07, 6.45) is 1.43. The molecule has 0 aliphatic heterocycles. The van der Waals surface area contributed by atoms with E-state index in [1.54, 1.807) is 31.2 Å². The molecule has 1 N–H and O–H groups in total. The summed E-state index contributed by atoms with van der Waals surface area (Å²) >= 11 is 7.22. The molecule has 1 amide bonds. The summed E-state index contributed by atoms with van der Waals surface area (Å²) < 4.78 is 9.82. The number of benzene rings is 1. The molecule has 2 heterocycles. The Morgan fingerprint density at radius 2 is 1.86 bits per heavy atom. The highest BCUT2D eigenvalue weighted by atomic mass is 35.5. The molecule has 0 bridgehead atoms. The average Bonchev–Trinajstić information content (AvgIpc) is 3.14. The van der Waals surface area contributed by atoms with E-state index in [4.69, 9.17) is 21.1 Å². The van der Waals surface area contributed by atoms with Crippen LogP contribution in [0.4, 0.5) is 5.13 Å². The predicted octanol–water partition coefficient (Wildman–Crippen LogP) is 3.61. The Balaban J connectivity index is 2.08. The fraction of sp³-hybridized carbons (Fsp3) is 0.167. The second kappa shape index (κ2) is 8.32. The Bertz CT molecular complexity index is 1050. The van der Waals surface area contributed by atoms with Gasteiger partial charge in [0.1, 0.15) is 0 Å². The van der Waals surface area contributed by atoms with Crippen LogP contribution in [0.2, 0.25) is 5.02 Å². The first-order valence-electron chi connectivity index (χ1n) is 7.96. The van der Waals surface area contributed by atoms with Crippen molar-refractivity contribution in [1.82, 2.24) is 15.2 Å². The Morgan fingerprint density at radius 3 is 2.54 bits per heavy atom. The van der Waals surface area contributed by atoms with Gasteiger partial charge in [0.15, 0.2) is 0 Å². The number of nitrogens with one attached hydrogen (secondary N) is 1. The maximum Gasteiger partial charge on any atom is 0.338 e. The van der Waals surface area contributed by atoms with Crippen molar-refractivity contribution in [2.24, 2.45) is 0 Å². The van der Waals surface area contributed by atoms with Gasteiger partial charge in [-0.15, -0.1) is 5.10 Å². The lowest BCUT2D eigenvalue weighted by Gasteiger charge is -2.13. The van der Waals surface area contributed by atoms with Crippen LogP contribution in [0.25, 0.3) is 11.1 Å². The number of anilines is 1. The molecule has 144 valence electrons. The molecule has 0 atom stereocenters. The summed E-state index contributed by atoms with van der Waals surface area (Å²) in [6, 6.07) is 6.44. The molecule has 0 fully saturated rings. The molecule has 0 aliphatic rings. The maximum absolute atomic E-state index is 12.9. The Kier molecular flexibility index (Phi) is 5.86. The van der Waals surface area contributed by atoms with Crippen LogP contribution in [-0.2, 0) is 4.74 Å². The lowest BCUT2D eigenvalue weighted by Crippen LogP contribution is -2.14. The minimum atomic E-state index is -0.540. The maximum atomic E-state index is 12.9. The van der Waals surface area contributed by atoms with E-state index < -0.39 is 11.9 Å². The average molecular weight is 419 g/mol. The van der Waals surface area contributed by atoms with Crippen LogP contribution in [-0.4, -0.2) is 41.3 Å². The molecule has 1 aromatic carbocycles. The summed E-state index contributed by atoms with van der Waals surface area (Å²) in [4.78, 5) is 29.2. The van der Waals surface area contributed by atoms with E-state index in [0.29, 0.717) is 27.0 Å². The van der Waals surface area contributed by atoms with Gasteiger partial charge in [0.2, 0.25) is 5.13 Å². The van der Waals surface area contributed by atoms with E-state index in [9.17, 15) is 9.59 Å².